The van der Waals surface area contributed by atoms with E-state index in [4.69, 9.17) is 9.47 Å². The molecule has 1 atom stereocenters. The van der Waals surface area contributed by atoms with Crippen molar-refractivity contribution in [1.29, 1.82) is 0 Å². The van der Waals surface area contributed by atoms with Gasteiger partial charge in [-0.25, -0.2) is 4.98 Å². The van der Waals surface area contributed by atoms with Gasteiger partial charge in [-0.1, -0.05) is 32.0 Å². The van der Waals surface area contributed by atoms with Crippen molar-refractivity contribution in [3.63, 3.8) is 0 Å². The van der Waals surface area contributed by atoms with E-state index in [1.54, 1.807) is 34.2 Å². The molecule has 1 saturated heterocycles. The van der Waals surface area contributed by atoms with E-state index in [2.05, 4.69) is 23.8 Å². The maximum absolute atomic E-state index is 13.5. The van der Waals surface area contributed by atoms with Gasteiger partial charge in [0.05, 0.1) is 16.6 Å². The average Bonchev–Trinajstić information content (AvgIpc) is 3.36. The van der Waals surface area contributed by atoms with Crippen LogP contribution in [0.15, 0.2) is 48.8 Å². The highest BCUT2D eigenvalue weighted by molar-refractivity contribution is 6.45. The molecule has 3 heterocycles. The van der Waals surface area contributed by atoms with Gasteiger partial charge in [-0.2, -0.15) is 0 Å². The molecule has 9 nitrogen and oxygen atoms in total. The monoisotopic (exact) mass is 534 g/mol. The summed E-state index contributed by atoms with van der Waals surface area (Å²) in [5.41, 5.74) is 0.751. The first-order chi connectivity index (χ1) is 18.6. The number of fused-ring (bicyclic) bond motifs is 1. The number of pyridine rings is 1. The highest BCUT2D eigenvalue weighted by Gasteiger charge is 2.35. The van der Waals surface area contributed by atoms with Crippen molar-refractivity contribution in [3.05, 3.63) is 59.9 Å². The average molecular weight is 535 g/mol. The van der Waals surface area contributed by atoms with Gasteiger partial charge in [0.15, 0.2) is 0 Å². The number of hydrogen-bond acceptors (Lipinski definition) is 6. The smallest absolute Gasteiger partial charge is 0.295 e. The predicted molar refractivity (Wildman–Crippen MR) is 149 cm³/mol. The number of H-pyrrole nitrogens is 1. The number of nitrogens with one attached hydrogen (secondary N) is 1. The van der Waals surface area contributed by atoms with Crippen molar-refractivity contribution >= 4 is 28.6 Å². The van der Waals surface area contributed by atoms with Crippen molar-refractivity contribution in [3.8, 4) is 5.75 Å². The van der Waals surface area contributed by atoms with Crippen LogP contribution in [0.3, 0.4) is 0 Å². The van der Waals surface area contributed by atoms with Gasteiger partial charge >= 0.3 is 0 Å². The predicted octanol–water partition coefficient (Wildman–Crippen LogP) is 4.34. The molecule has 4 rings (SSSR count). The number of aromatic amines is 1. The van der Waals surface area contributed by atoms with Gasteiger partial charge in [0.2, 0.25) is 0 Å². The van der Waals surface area contributed by atoms with E-state index in [9.17, 15) is 14.4 Å². The Morgan fingerprint density at radius 3 is 2.56 bits per heavy atom. The maximum Gasteiger partial charge on any atom is 0.295 e. The van der Waals surface area contributed by atoms with Crippen LogP contribution in [0.4, 0.5) is 0 Å². The normalized spacial score (nSPS) is 16.1. The molecule has 0 spiro atoms. The largest absolute Gasteiger partial charge is 0.490 e. The van der Waals surface area contributed by atoms with Gasteiger partial charge in [-0.05, 0) is 51.3 Å². The van der Waals surface area contributed by atoms with Gasteiger partial charge in [0.25, 0.3) is 17.6 Å². The summed E-state index contributed by atoms with van der Waals surface area (Å²) < 4.78 is 12.1. The number of carbonyl (C=O) groups excluding carboxylic acids is 3. The number of ether oxygens (including phenoxy) is 2. The molecule has 0 saturated carbocycles. The number of rotatable bonds is 10. The van der Waals surface area contributed by atoms with E-state index in [0.29, 0.717) is 48.0 Å². The third kappa shape index (κ3) is 6.65. The number of hydrogen-bond donors (Lipinski definition) is 1. The Hall–Kier alpha value is -3.72. The molecule has 1 aromatic carbocycles. The lowest BCUT2D eigenvalue weighted by atomic mass is 10.1. The van der Waals surface area contributed by atoms with E-state index in [1.165, 1.54) is 6.20 Å². The molecule has 39 heavy (non-hydrogen) atoms. The van der Waals surface area contributed by atoms with E-state index in [-0.39, 0.29) is 30.7 Å². The molecule has 0 bridgehead atoms. The lowest BCUT2D eigenvalue weighted by Crippen LogP contribution is -2.56. The number of aromatic nitrogens is 2. The van der Waals surface area contributed by atoms with Crippen molar-refractivity contribution < 1.29 is 23.9 Å². The van der Waals surface area contributed by atoms with Crippen LogP contribution in [-0.4, -0.2) is 81.9 Å². The minimum absolute atomic E-state index is 0.0820. The van der Waals surface area contributed by atoms with E-state index in [1.807, 2.05) is 39.0 Å². The third-order valence-electron chi connectivity index (χ3n) is 6.93. The first kappa shape index (κ1) is 28.3. The summed E-state index contributed by atoms with van der Waals surface area (Å²) in [4.78, 5) is 50.3. The zero-order chi connectivity index (χ0) is 28.2. The number of carbonyl (C=O) groups is 3. The summed E-state index contributed by atoms with van der Waals surface area (Å²) in [7, 11) is 0. The second kappa shape index (κ2) is 12.0. The second-order valence-corrected chi connectivity index (χ2v) is 11.1. The zero-order valence-electron chi connectivity index (χ0n) is 23.4. The minimum Gasteiger partial charge on any atom is -0.490 e. The van der Waals surface area contributed by atoms with Crippen molar-refractivity contribution in [1.82, 2.24) is 19.8 Å². The summed E-state index contributed by atoms with van der Waals surface area (Å²) in [5, 5.41) is 0.472. The van der Waals surface area contributed by atoms with E-state index < -0.39 is 17.3 Å². The summed E-state index contributed by atoms with van der Waals surface area (Å²) in [5.74, 6) is -0.322. The molecule has 1 fully saturated rings. The Kier molecular flexibility index (Phi) is 8.70. The third-order valence-corrected chi connectivity index (χ3v) is 6.93. The summed E-state index contributed by atoms with van der Waals surface area (Å²) in [6, 6.07) is 10.4. The SMILES string of the molecule is CC(C)CCOC(C)(C)COc1ccnc2[nH]cc(C(=O)C(=O)N3CCN(C(=O)c4ccccc4)CC3C)c12. The number of Topliss-reactive ketones (excluding diaryl/α,β-unsaturated/α-hetero) is 1. The lowest BCUT2D eigenvalue weighted by molar-refractivity contribution is -0.130. The first-order valence-electron chi connectivity index (χ1n) is 13.5. The number of piperazine rings is 1. The molecule has 0 radical (unpaired) electrons. The van der Waals surface area contributed by atoms with Crippen LogP contribution in [0.2, 0.25) is 0 Å². The quantitative estimate of drug-likeness (QED) is 0.307. The standard InChI is InChI=1S/C30H38N4O5/c1-20(2)12-16-39-30(4,5)19-38-24-11-13-31-27-25(24)23(17-32-27)26(35)29(37)34-15-14-33(18-21(34)3)28(36)22-9-7-6-8-10-22/h6-11,13,17,20-21H,12,14-16,18-19H2,1-5H3,(H,31,32). The molecule has 0 aliphatic carbocycles. The van der Waals surface area contributed by atoms with Gasteiger partial charge in [-0.15, -0.1) is 0 Å². The van der Waals surface area contributed by atoms with Gasteiger partial charge < -0.3 is 24.3 Å². The van der Waals surface area contributed by atoms with Crippen molar-refractivity contribution in [2.24, 2.45) is 5.92 Å². The van der Waals surface area contributed by atoms with Gasteiger partial charge in [0, 0.05) is 50.2 Å². The number of ketones is 1. The molecule has 3 aromatic rings. The number of amides is 2. The van der Waals surface area contributed by atoms with Crippen LogP contribution < -0.4 is 4.74 Å². The highest BCUT2D eigenvalue weighted by Crippen LogP contribution is 2.29. The Morgan fingerprint density at radius 1 is 1.13 bits per heavy atom. The molecule has 1 N–H and O–H groups in total. The topological polar surface area (TPSA) is 105 Å². The second-order valence-electron chi connectivity index (χ2n) is 11.1. The van der Waals surface area contributed by atoms with Crippen LogP contribution >= 0.6 is 0 Å². The Balaban J connectivity index is 1.45. The lowest BCUT2D eigenvalue weighted by Gasteiger charge is -2.39. The highest BCUT2D eigenvalue weighted by atomic mass is 16.5. The molecule has 2 amide bonds. The fourth-order valence-electron chi connectivity index (χ4n) is 4.64. The van der Waals surface area contributed by atoms with Crippen LogP contribution in [0, 0.1) is 5.92 Å². The number of nitrogens with zero attached hydrogens (tertiary/aromatic N) is 3. The van der Waals surface area contributed by atoms with E-state index in [0.717, 1.165) is 6.42 Å². The summed E-state index contributed by atoms with van der Waals surface area (Å²) in [6.07, 6.45) is 4.06. The molecule has 1 aliphatic rings. The fraction of sp³-hybridized carbons (Fsp3) is 0.467. The van der Waals surface area contributed by atoms with Crippen LogP contribution in [0.5, 0.6) is 5.75 Å². The van der Waals surface area contributed by atoms with Gasteiger partial charge in [0.1, 0.15) is 18.0 Å². The molecule has 208 valence electrons. The van der Waals surface area contributed by atoms with Crippen molar-refractivity contribution in [2.45, 2.75) is 52.7 Å². The number of benzene rings is 1. The molecule has 1 unspecified atom stereocenters. The maximum atomic E-state index is 13.5. The van der Waals surface area contributed by atoms with Crippen LogP contribution in [0.1, 0.15) is 61.8 Å². The Bertz CT molecular complexity index is 1320. The summed E-state index contributed by atoms with van der Waals surface area (Å²) >= 11 is 0. The molecular formula is C30H38N4O5. The minimum atomic E-state index is -0.638. The molecular weight excluding hydrogens is 496 g/mol. The Labute approximate surface area is 229 Å². The fourth-order valence-corrected chi connectivity index (χ4v) is 4.64. The summed E-state index contributed by atoms with van der Waals surface area (Å²) in [6.45, 7) is 11.9. The zero-order valence-corrected chi connectivity index (χ0v) is 23.4. The molecule has 2 aromatic heterocycles. The van der Waals surface area contributed by atoms with Gasteiger partial charge in [-0.3, -0.25) is 14.4 Å². The first-order valence-corrected chi connectivity index (χ1v) is 13.5. The van der Waals surface area contributed by atoms with Crippen LogP contribution in [0.25, 0.3) is 11.0 Å². The Morgan fingerprint density at radius 2 is 1.87 bits per heavy atom. The van der Waals surface area contributed by atoms with Crippen LogP contribution in [-0.2, 0) is 9.53 Å². The molecule has 1 aliphatic heterocycles. The van der Waals surface area contributed by atoms with Crippen molar-refractivity contribution in [2.75, 3.05) is 32.8 Å². The molecule has 9 heteroatoms. The van der Waals surface area contributed by atoms with E-state index >= 15 is 0 Å².